The molecule has 1 aromatic rings. The van der Waals surface area contributed by atoms with Gasteiger partial charge in [-0.2, -0.15) is 0 Å². The summed E-state index contributed by atoms with van der Waals surface area (Å²) in [5.74, 6) is -2.60. The number of carboxylic acid groups (broad SMARTS) is 1. The van der Waals surface area contributed by atoms with Gasteiger partial charge in [0.2, 0.25) is 0 Å². The average Bonchev–Trinajstić information content (AvgIpc) is 3.28. The minimum atomic E-state index is -3.09. The molecular formula is C23H26F3NO2S. The Labute approximate surface area is 179 Å². The second-order valence-corrected chi connectivity index (χ2v) is 9.56. The van der Waals surface area contributed by atoms with Crippen molar-refractivity contribution in [3.8, 4) is 0 Å². The Morgan fingerprint density at radius 1 is 1.13 bits per heavy atom. The van der Waals surface area contributed by atoms with Gasteiger partial charge in [-0.25, -0.2) is 18.0 Å². The Balaban J connectivity index is 1.45. The lowest BCUT2D eigenvalue weighted by Crippen LogP contribution is -2.33. The lowest BCUT2D eigenvalue weighted by molar-refractivity contribution is -0.132. The number of carbonyl (C=O) groups is 1. The van der Waals surface area contributed by atoms with E-state index in [0.717, 1.165) is 30.8 Å². The molecule has 2 aliphatic carbocycles. The van der Waals surface area contributed by atoms with Crippen LogP contribution in [0.4, 0.5) is 13.2 Å². The average molecular weight is 438 g/mol. The van der Waals surface area contributed by atoms with E-state index >= 15 is 0 Å². The molecule has 0 atom stereocenters. The standard InChI is InChI=1S/C23H26F3NO2S/c24-18-9-7-17(8-10-18)23(25,26)11-13-30-21-19(22(28)29)2-1-12-27(21)14-20-15-3-4-16(20)6-5-15/h1-2,7-10,15-16,20H,3-6,11-14H2,(H,28,29). The first kappa shape index (κ1) is 21.3. The molecule has 0 saturated heterocycles. The molecule has 7 heteroatoms. The molecule has 2 fully saturated rings. The summed E-state index contributed by atoms with van der Waals surface area (Å²) in [5.41, 5.74) is -0.0402. The van der Waals surface area contributed by atoms with Crippen LogP contribution in [0, 0.1) is 23.6 Å². The number of carboxylic acids is 1. The number of aliphatic carboxylic acids is 1. The Morgan fingerprint density at radius 2 is 1.77 bits per heavy atom. The van der Waals surface area contributed by atoms with Gasteiger partial charge in [-0.05, 0) is 61.6 Å². The molecule has 1 heterocycles. The summed E-state index contributed by atoms with van der Waals surface area (Å²) in [7, 11) is 0. The van der Waals surface area contributed by atoms with E-state index < -0.39 is 24.1 Å². The van der Waals surface area contributed by atoms with Gasteiger partial charge in [0.05, 0.1) is 10.6 Å². The van der Waals surface area contributed by atoms with E-state index in [2.05, 4.69) is 4.90 Å². The first-order valence-corrected chi connectivity index (χ1v) is 11.5. The number of nitrogens with zero attached hydrogens (tertiary/aromatic N) is 1. The van der Waals surface area contributed by atoms with Crippen molar-refractivity contribution < 1.29 is 23.1 Å². The molecule has 0 unspecified atom stereocenters. The Hall–Kier alpha value is -1.89. The fourth-order valence-corrected chi connectivity index (χ4v) is 6.36. The Kier molecular flexibility index (Phi) is 6.19. The first-order valence-electron chi connectivity index (χ1n) is 10.5. The molecule has 1 aliphatic heterocycles. The van der Waals surface area contributed by atoms with Crippen LogP contribution in [0.2, 0.25) is 0 Å². The van der Waals surface area contributed by atoms with Gasteiger partial charge in [0.25, 0.3) is 5.92 Å². The molecule has 162 valence electrons. The molecular weight excluding hydrogens is 411 g/mol. The number of thioether (sulfide) groups is 1. The zero-order valence-corrected chi connectivity index (χ0v) is 17.5. The normalized spacial score (nSPS) is 26.0. The highest BCUT2D eigenvalue weighted by Gasteiger charge is 2.42. The largest absolute Gasteiger partial charge is 0.478 e. The van der Waals surface area contributed by atoms with E-state index in [1.165, 1.54) is 37.4 Å². The molecule has 0 aromatic heterocycles. The van der Waals surface area contributed by atoms with Crippen molar-refractivity contribution in [2.24, 2.45) is 17.8 Å². The number of rotatable bonds is 8. The van der Waals surface area contributed by atoms with Crippen LogP contribution in [-0.2, 0) is 10.7 Å². The van der Waals surface area contributed by atoms with Gasteiger partial charge in [-0.3, -0.25) is 0 Å². The maximum Gasteiger partial charge on any atom is 0.338 e. The van der Waals surface area contributed by atoms with Crippen LogP contribution >= 0.6 is 11.8 Å². The number of hydrogen-bond acceptors (Lipinski definition) is 3. The van der Waals surface area contributed by atoms with E-state index in [0.29, 0.717) is 29.3 Å². The van der Waals surface area contributed by atoms with Crippen LogP contribution in [0.5, 0.6) is 0 Å². The van der Waals surface area contributed by atoms with Gasteiger partial charge in [-0.1, -0.05) is 18.2 Å². The van der Waals surface area contributed by atoms with Gasteiger partial charge in [0, 0.05) is 30.8 Å². The lowest BCUT2D eigenvalue weighted by Gasteiger charge is -2.33. The van der Waals surface area contributed by atoms with E-state index in [-0.39, 0.29) is 16.9 Å². The number of halogens is 3. The number of benzene rings is 1. The third-order valence-electron chi connectivity index (χ3n) is 6.74. The third-order valence-corrected chi connectivity index (χ3v) is 7.90. The van der Waals surface area contributed by atoms with Crippen molar-refractivity contribution in [3.63, 3.8) is 0 Å². The molecule has 2 bridgehead atoms. The van der Waals surface area contributed by atoms with Gasteiger partial charge >= 0.3 is 5.97 Å². The van der Waals surface area contributed by atoms with Crippen molar-refractivity contribution in [3.05, 3.63) is 58.4 Å². The zero-order valence-electron chi connectivity index (χ0n) is 16.7. The van der Waals surface area contributed by atoms with E-state index in [9.17, 15) is 23.1 Å². The van der Waals surface area contributed by atoms with Gasteiger partial charge in [0.15, 0.2) is 0 Å². The van der Waals surface area contributed by atoms with Gasteiger partial charge in [0.1, 0.15) is 5.82 Å². The van der Waals surface area contributed by atoms with Crippen LogP contribution in [0.25, 0.3) is 0 Å². The zero-order chi connectivity index (χ0) is 21.3. The molecule has 1 aromatic carbocycles. The number of alkyl halides is 2. The smallest absolute Gasteiger partial charge is 0.338 e. The molecule has 0 amide bonds. The molecule has 0 radical (unpaired) electrons. The van der Waals surface area contributed by atoms with E-state index in [1.54, 1.807) is 6.08 Å². The second-order valence-electron chi connectivity index (χ2n) is 8.48. The van der Waals surface area contributed by atoms with E-state index in [1.807, 2.05) is 6.08 Å². The summed E-state index contributed by atoms with van der Waals surface area (Å²) in [4.78, 5) is 13.8. The molecule has 1 N–H and O–H groups in total. The highest BCUT2D eigenvalue weighted by atomic mass is 32.2. The minimum Gasteiger partial charge on any atom is -0.478 e. The van der Waals surface area contributed by atoms with Crippen molar-refractivity contribution in [2.75, 3.05) is 18.8 Å². The molecule has 30 heavy (non-hydrogen) atoms. The Morgan fingerprint density at radius 3 is 2.37 bits per heavy atom. The number of hydrogen-bond donors (Lipinski definition) is 1. The summed E-state index contributed by atoms with van der Waals surface area (Å²) in [5, 5.41) is 10.2. The number of fused-ring (bicyclic) bond motifs is 2. The summed E-state index contributed by atoms with van der Waals surface area (Å²) in [6.45, 7) is 1.41. The molecule has 2 saturated carbocycles. The van der Waals surface area contributed by atoms with Crippen molar-refractivity contribution in [1.82, 2.24) is 4.90 Å². The molecule has 3 aliphatic rings. The van der Waals surface area contributed by atoms with Crippen LogP contribution in [0.1, 0.15) is 37.7 Å². The van der Waals surface area contributed by atoms with Crippen molar-refractivity contribution in [1.29, 1.82) is 0 Å². The quantitative estimate of drug-likeness (QED) is 0.571. The summed E-state index contributed by atoms with van der Waals surface area (Å²) in [6.07, 6.45) is 8.00. The highest BCUT2D eigenvalue weighted by molar-refractivity contribution is 8.03. The van der Waals surface area contributed by atoms with Gasteiger partial charge < -0.3 is 10.0 Å². The topological polar surface area (TPSA) is 40.5 Å². The SMILES string of the molecule is O=C(O)C1=C(SCCC(F)(F)c2ccc(F)cc2)N(CC2C3CCC2CC3)CC=C1. The predicted molar refractivity (Wildman–Crippen MR) is 112 cm³/mol. The third kappa shape index (κ3) is 4.41. The molecule has 0 spiro atoms. The fourth-order valence-electron chi connectivity index (χ4n) is 5.16. The van der Waals surface area contributed by atoms with Crippen molar-refractivity contribution in [2.45, 2.75) is 38.0 Å². The monoisotopic (exact) mass is 437 g/mol. The summed E-state index contributed by atoms with van der Waals surface area (Å²) < 4.78 is 42.1. The maximum atomic E-state index is 14.5. The van der Waals surface area contributed by atoms with E-state index in [4.69, 9.17) is 0 Å². The predicted octanol–water partition coefficient (Wildman–Crippen LogP) is 5.65. The molecule has 3 nitrogen and oxygen atoms in total. The summed E-state index contributed by atoms with van der Waals surface area (Å²) in [6, 6.07) is 4.27. The minimum absolute atomic E-state index is 0.0817. The summed E-state index contributed by atoms with van der Waals surface area (Å²) >= 11 is 1.19. The van der Waals surface area contributed by atoms with Crippen molar-refractivity contribution >= 4 is 17.7 Å². The molecule has 4 rings (SSSR count). The van der Waals surface area contributed by atoms with Crippen LogP contribution in [-0.4, -0.2) is 34.8 Å². The second kappa shape index (κ2) is 8.69. The van der Waals surface area contributed by atoms with Gasteiger partial charge in [-0.15, -0.1) is 11.8 Å². The van der Waals surface area contributed by atoms with Crippen LogP contribution < -0.4 is 0 Å². The van der Waals surface area contributed by atoms with Crippen LogP contribution in [0.3, 0.4) is 0 Å². The fraction of sp³-hybridized carbons (Fsp3) is 0.522. The Bertz CT molecular complexity index is 833. The maximum absolute atomic E-state index is 14.5. The highest BCUT2D eigenvalue weighted by Crippen LogP contribution is 2.50. The van der Waals surface area contributed by atoms with Crippen LogP contribution in [0.15, 0.2) is 47.0 Å². The first-order chi connectivity index (χ1) is 14.3. The lowest BCUT2D eigenvalue weighted by atomic mass is 9.97.